The van der Waals surface area contributed by atoms with Crippen molar-refractivity contribution < 1.29 is 4.79 Å². The number of aryl methyl sites for hydroxylation is 1. The molecule has 2 aromatic rings. The molecule has 0 radical (unpaired) electrons. The van der Waals surface area contributed by atoms with Crippen LogP contribution in [0.3, 0.4) is 0 Å². The highest BCUT2D eigenvalue weighted by molar-refractivity contribution is 6.33. The Morgan fingerprint density at radius 2 is 2.19 bits per heavy atom. The van der Waals surface area contributed by atoms with E-state index < -0.39 is 0 Å². The highest BCUT2D eigenvalue weighted by Gasteiger charge is 2.17. The van der Waals surface area contributed by atoms with Crippen molar-refractivity contribution >= 4 is 17.4 Å². The molecule has 0 aromatic carbocycles. The predicted molar refractivity (Wildman–Crippen MR) is 82.7 cm³/mol. The summed E-state index contributed by atoms with van der Waals surface area (Å²) in [6.45, 7) is 1.45. The maximum atomic E-state index is 12.4. The molecule has 2 aromatic heterocycles. The summed E-state index contributed by atoms with van der Waals surface area (Å²) < 4.78 is 1.68. The second-order valence-corrected chi connectivity index (χ2v) is 5.52. The van der Waals surface area contributed by atoms with Crippen molar-refractivity contribution in [2.24, 2.45) is 0 Å². The van der Waals surface area contributed by atoms with Gasteiger partial charge in [0.1, 0.15) is 5.69 Å². The number of pyridine rings is 1. The zero-order valence-corrected chi connectivity index (χ0v) is 13.0. The highest BCUT2D eigenvalue weighted by Crippen LogP contribution is 2.18. The summed E-state index contributed by atoms with van der Waals surface area (Å²) in [4.78, 5) is 18.6. The van der Waals surface area contributed by atoms with Gasteiger partial charge in [-0.1, -0.05) is 17.7 Å². The highest BCUT2D eigenvalue weighted by atomic mass is 35.5. The quantitative estimate of drug-likeness (QED) is 0.737. The minimum Gasteiger partial charge on any atom is -0.308 e. The van der Waals surface area contributed by atoms with Gasteiger partial charge in [-0.05, 0) is 32.6 Å². The zero-order valence-electron chi connectivity index (χ0n) is 12.3. The molecule has 0 saturated heterocycles. The third-order valence-corrected chi connectivity index (χ3v) is 3.43. The number of nitrogens with zero attached hydrogens (tertiary/aromatic N) is 4. The second kappa shape index (κ2) is 7.33. The van der Waals surface area contributed by atoms with Gasteiger partial charge in [0.2, 0.25) is 0 Å². The fraction of sp³-hybridized carbons (Fsp3) is 0.400. The molecule has 0 spiro atoms. The SMILES string of the molecule is CN(C)CCn1ncc(Cl)c1C(=O)CCc1ccccn1. The van der Waals surface area contributed by atoms with Gasteiger partial charge in [-0.15, -0.1) is 0 Å². The number of aromatic nitrogens is 3. The molecule has 2 heterocycles. The van der Waals surface area contributed by atoms with E-state index in [1.165, 1.54) is 6.20 Å². The Hall–Kier alpha value is -1.72. The van der Waals surface area contributed by atoms with Crippen LogP contribution in [0.25, 0.3) is 0 Å². The lowest BCUT2D eigenvalue weighted by Crippen LogP contribution is -2.21. The number of halogens is 1. The predicted octanol–water partition coefficient (Wildman–Crippen LogP) is 2.31. The molecule has 0 unspecified atom stereocenters. The number of ketones is 1. The van der Waals surface area contributed by atoms with Crippen LogP contribution < -0.4 is 0 Å². The molecule has 0 amide bonds. The van der Waals surface area contributed by atoms with E-state index in [0.717, 1.165) is 12.2 Å². The first-order valence-electron chi connectivity index (χ1n) is 6.87. The average molecular weight is 307 g/mol. The van der Waals surface area contributed by atoms with Gasteiger partial charge in [0, 0.05) is 24.9 Å². The van der Waals surface area contributed by atoms with Crippen molar-refractivity contribution in [1.82, 2.24) is 19.7 Å². The number of carbonyl (C=O) groups excluding carboxylic acids is 1. The summed E-state index contributed by atoms with van der Waals surface area (Å²) in [6.07, 6.45) is 4.25. The molecule has 0 fully saturated rings. The van der Waals surface area contributed by atoms with Gasteiger partial charge < -0.3 is 4.90 Å². The fourth-order valence-corrected chi connectivity index (χ4v) is 2.26. The maximum absolute atomic E-state index is 12.4. The van der Waals surface area contributed by atoms with Crippen LogP contribution in [-0.2, 0) is 13.0 Å². The van der Waals surface area contributed by atoms with Crippen LogP contribution >= 0.6 is 11.6 Å². The van der Waals surface area contributed by atoms with Crippen LogP contribution in [0.1, 0.15) is 22.6 Å². The van der Waals surface area contributed by atoms with Crippen LogP contribution in [0.5, 0.6) is 0 Å². The second-order valence-electron chi connectivity index (χ2n) is 5.11. The maximum Gasteiger partial charge on any atom is 0.182 e. The van der Waals surface area contributed by atoms with Gasteiger partial charge in [0.25, 0.3) is 0 Å². The molecule has 0 atom stereocenters. The Bertz CT molecular complexity index is 595. The Morgan fingerprint density at radius 1 is 1.38 bits per heavy atom. The first-order chi connectivity index (χ1) is 10.1. The molecule has 0 N–H and O–H groups in total. The summed E-state index contributed by atoms with van der Waals surface area (Å²) in [5.41, 5.74) is 1.40. The Balaban J connectivity index is 2.03. The summed E-state index contributed by atoms with van der Waals surface area (Å²) >= 11 is 6.10. The lowest BCUT2D eigenvalue weighted by molar-refractivity contribution is 0.0971. The van der Waals surface area contributed by atoms with E-state index in [9.17, 15) is 4.79 Å². The molecule has 0 aliphatic carbocycles. The van der Waals surface area contributed by atoms with E-state index in [0.29, 0.717) is 30.1 Å². The van der Waals surface area contributed by atoms with Crippen LogP contribution in [0, 0.1) is 0 Å². The van der Waals surface area contributed by atoms with Crippen molar-refractivity contribution in [3.63, 3.8) is 0 Å². The summed E-state index contributed by atoms with van der Waals surface area (Å²) in [7, 11) is 3.96. The molecule has 2 rings (SSSR count). The number of likely N-dealkylation sites (N-methyl/N-ethyl adjacent to an activating group) is 1. The van der Waals surface area contributed by atoms with Crippen molar-refractivity contribution in [3.05, 3.63) is 47.0 Å². The minimum absolute atomic E-state index is 0.00177. The number of hydrogen-bond acceptors (Lipinski definition) is 4. The molecule has 21 heavy (non-hydrogen) atoms. The molecule has 0 aliphatic rings. The van der Waals surface area contributed by atoms with Gasteiger partial charge in [0.15, 0.2) is 5.78 Å². The molecule has 5 nitrogen and oxygen atoms in total. The Labute approximate surface area is 129 Å². The summed E-state index contributed by atoms with van der Waals surface area (Å²) in [5, 5.41) is 4.60. The molecule has 6 heteroatoms. The topological polar surface area (TPSA) is 51.0 Å². The third-order valence-electron chi connectivity index (χ3n) is 3.15. The third kappa shape index (κ3) is 4.37. The van der Waals surface area contributed by atoms with Crippen LogP contribution in [0.2, 0.25) is 5.02 Å². The average Bonchev–Trinajstić information content (AvgIpc) is 2.85. The van der Waals surface area contributed by atoms with Crippen LogP contribution in [0.4, 0.5) is 0 Å². The normalized spacial score (nSPS) is 11.0. The van der Waals surface area contributed by atoms with Crippen molar-refractivity contribution in [3.8, 4) is 0 Å². The van der Waals surface area contributed by atoms with E-state index in [-0.39, 0.29) is 5.78 Å². The van der Waals surface area contributed by atoms with Gasteiger partial charge in [-0.2, -0.15) is 5.10 Å². The van der Waals surface area contributed by atoms with E-state index in [2.05, 4.69) is 10.1 Å². The number of Topliss-reactive ketones (excluding diaryl/α,β-unsaturated/α-hetero) is 1. The van der Waals surface area contributed by atoms with Gasteiger partial charge in [-0.3, -0.25) is 14.5 Å². The van der Waals surface area contributed by atoms with Crippen molar-refractivity contribution in [2.45, 2.75) is 19.4 Å². The molecule has 112 valence electrons. The number of rotatable bonds is 7. The van der Waals surface area contributed by atoms with E-state index in [4.69, 9.17) is 11.6 Å². The summed E-state index contributed by atoms with van der Waals surface area (Å²) in [5.74, 6) is 0.00177. The lowest BCUT2D eigenvalue weighted by Gasteiger charge is -2.11. The molecule has 0 bridgehead atoms. The number of carbonyl (C=O) groups is 1. The van der Waals surface area contributed by atoms with Crippen LogP contribution in [-0.4, -0.2) is 46.1 Å². The molecule has 0 aliphatic heterocycles. The van der Waals surface area contributed by atoms with E-state index in [1.54, 1.807) is 10.9 Å². The largest absolute Gasteiger partial charge is 0.308 e. The molecule has 0 saturated carbocycles. The molecular formula is C15H19ClN4O. The van der Waals surface area contributed by atoms with Gasteiger partial charge in [-0.25, -0.2) is 0 Å². The van der Waals surface area contributed by atoms with E-state index in [1.807, 2.05) is 37.2 Å². The van der Waals surface area contributed by atoms with Crippen molar-refractivity contribution in [1.29, 1.82) is 0 Å². The van der Waals surface area contributed by atoms with Crippen LogP contribution in [0.15, 0.2) is 30.6 Å². The number of hydrogen-bond donors (Lipinski definition) is 0. The van der Waals surface area contributed by atoms with Gasteiger partial charge in [0.05, 0.1) is 17.8 Å². The zero-order chi connectivity index (χ0) is 15.2. The standard InChI is InChI=1S/C15H19ClN4O/c1-19(2)9-10-20-15(13(16)11-18-20)14(21)7-6-12-5-3-4-8-17-12/h3-5,8,11H,6-7,9-10H2,1-2H3. The Morgan fingerprint density at radius 3 is 2.86 bits per heavy atom. The monoisotopic (exact) mass is 306 g/mol. The molecular weight excluding hydrogens is 288 g/mol. The smallest absolute Gasteiger partial charge is 0.182 e. The van der Waals surface area contributed by atoms with Gasteiger partial charge >= 0.3 is 0 Å². The van der Waals surface area contributed by atoms with Crippen molar-refractivity contribution in [2.75, 3.05) is 20.6 Å². The Kier molecular flexibility index (Phi) is 5.47. The minimum atomic E-state index is 0.00177. The lowest BCUT2D eigenvalue weighted by atomic mass is 10.1. The first kappa shape index (κ1) is 15.7. The first-order valence-corrected chi connectivity index (χ1v) is 7.25. The summed E-state index contributed by atoms with van der Waals surface area (Å²) in [6, 6.07) is 5.69. The fourth-order valence-electron chi connectivity index (χ4n) is 2.01. The van der Waals surface area contributed by atoms with E-state index >= 15 is 0 Å².